The minimum absolute atomic E-state index is 0.0183. The van der Waals surface area contributed by atoms with Crippen LogP contribution in [0.3, 0.4) is 0 Å². The van der Waals surface area contributed by atoms with Gasteiger partial charge in [-0.1, -0.05) is 18.2 Å². The number of carbonyl (C=O) groups is 1. The van der Waals surface area contributed by atoms with E-state index in [9.17, 15) is 4.79 Å². The van der Waals surface area contributed by atoms with E-state index < -0.39 is 0 Å². The Morgan fingerprint density at radius 1 is 1.00 bits per heavy atom. The van der Waals surface area contributed by atoms with E-state index in [1.165, 1.54) is 0 Å². The molecule has 3 aromatic rings. The van der Waals surface area contributed by atoms with Crippen LogP contribution >= 0.6 is 0 Å². The van der Waals surface area contributed by atoms with Crippen molar-refractivity contribution in [3.8, 4) is 11.5 Å². The first-order valence-electron chi connectivity index (χ1n) is 9.17. The zero-order valence-electron chi connectivity index (χ0n) is 16.9. The number of nitrogens with one attached hydrogen (secondary N) is 2. The van der Waals surface area contributed by atoms with Crippen molar-refractivity contribution in [2.45, 2.75) is 20.4 Å². The number of nitrogens with zero attached hydrogens (tertiary/aromatic N) is 2. The van der Waals surface area contributed by atoms with Gasteiger partial charge in [-0.25, -0.2) is 4.98 Å². The lowest BCUT2D eigenvalue weighted by Crippen LogP contribution is -2.07. The average molecular weight is 392 g/mol. The summed E-state index contributed by atoms with van der Waals surface area (Å²) in [6.45, 7) is 3.98. The zero-order valence-corrected chi connectivity index (χ0v) is 16.9. The average Bonchev–Trinajstić information content (AvgIpc) is 2.71. The number of methoxy groups -OCH3 is 2. The summed E-state index contributed by atoms with van der Waals surface area (Å²) in [6, 6.07) is 14.9. The molecule has 1 heterocycles. The van der Waals surface area contributed by atoms with Crippen LogP contribution in [0.1, 0.15) is 28.5 Å². The molecule has 3 rings (SSSR count). The molecule has 0 aliphatic rings. The van der Waals surface area contributed by atoms with Crippen LogP contribution in [0.5, 0.6) is 11.5 Å². The van der Waals surface area contributed by atoms with Crippen LogP contribution in [0.2, 0.25) is 0 Å². The summed E-state index contributed by atoms with van der Waals surface area (Å²) in [5, 5.41) is 6.47. The molecule has 0 bridgehead atoms. The van der Waals surface area contributed by atoms with Gasteiger partial charge in [-0.15, -0.1) is 0 Å². The lowest BCUT2D eigenvalue weighted by molar-refractivity contribution is 0.101. The summed E-state index contributed by atoms with van der Waals surface area (Å²) in [7, 11) is 3.22. The number of ketones is 1. The van der Waals surface area contributed by atoms with Gasteiger partial charge in [-0.3, -0.25) is 4.79 Å². The fourth-order valence-corrected chi connectivity index (χ4v) is 2.85. The summed E-state index contributed by atoms with van der Waals surface area (Å²) in [6.07, 6.45) is 0. The van der Waals surface area contributed by atoms with Crippen molar-refractivity contribution in [2.75, 3.05) is 24.9 Å². The Labute approximate surface area is 170 Å². The van der Waals surface area contributed by atoms with E-state index >= 15 is 0 Å². The van der Waals surface area contributed by atoms with Gasteiger partial charge in [0.2, 0.25) is 5.95 Å². The number of aromatic nitrogens is 2. The van der Waals surface area contributed by atoms with E-state index in [2.05, 4.69) is 20.6 Å². The van der Waals surface area contributed by atoms with Crippen molar-refractivity contribution < 1.29 is 14.3 Å². The molecule has 1 aromatic heterocycles. The van der Waals surface area contributed by atoms with E-state index in [0.29, 0.717) is 35.4 Å². The maximum absolute atomic E-state index is 11.6. The van der Waals surface area contributed by atoms with Gasteiger partial charge in [0.15, 0.2) is 17.3 Å². The molecule has 150 valence electrons. The van der Waals surface area contributed by atoms with Gasteiger partial charge in [0.05, 0.1) is 14.2 Å². The molecule has 0 spiro atoms. The highest BCUT2D eigenvalue weighted by Gasteiger charge is 2.07. The molecule has 0 fully saturated rings. The van der Waals surface area contributed by atoms with Crippen molar-refractivity contribution in [3.63, 3.8) is 0 Å². The second-order valence-corrected chi connectivity index (χ2v) is 6.52. The highest BCUT2D eigenvalue weighted by Crippen LogP contribution is 2.27. The Kier molecular flexibility index (Phi) is 6.29. The molecule has 29 heavy (non-hydrogen) atoms. The van der Waals surface area contributed by atoms with Crippen LogP contribution in [0, 0.1) is 6.92 Å². The Bertz CT molecular complexity index is 1020. The molecule has 0 unspecified atom stereocenters. The van der Waals surface area contributed by atoms with E-state index in [4.69, 9.17) is 9.47 Å². The minimum atomic E-state index is 0.0183. The van der Waals surface area contributed by atoms with Gasteiger partial charge in [0.25, 0.3) is 0 Å². The Morgan fingerprint density at radius 2 is 1.79 bits per heavy atom. The quantitative estimate of drug-likeness (QED) is 0.551. The Hall–Kier alpha value is -3.61. The first-order chi connectivity index (χ1) is 14.0. The summed E-state index contributed by atoms with van der Waals surface area (Å²) in [5.74, 6) is 2.52. The van der Waals surface area contributed by atoms with Gasteiger partial charge < -0.3 is 20.1 Å². The zero-order chi connectivity index (χ0) is 20.8. The van der Waals surface area contributed by atoms with Crippen LogP contribution in [-0.2, 0) is 6.54 Å². The summed E-state index contributed by atoms with van der Waals surface area (Å²) < 4.78 is 10.6. The van der Waals surface area contributed by atoms with Gasteiger partial charge >= 0.3 is 0 Å². The fraction of sp³-hybridized carbons (Fsp3) is 0.227. The molecule has 0 aliphatic heterocycles. The molecule has 0 radical (unpaired) electrons. The second-order valence-electron chi connectivity index (χ2n) is 6.52. The maximum Gasteiger partial charge on any atom is 0.225 e. The molecule has 7 nitrogen and oxygen atoms in total. The third-order valence-corrected chi connectivity index (χ3v) is 4.29. The van der Waals surface area contributed by atoms with Crippen molar-refractivity contribution >= 4 is 23.2 Å². The van der Waals surface area contributed by atoms with Crippen molar-refractivity contribution in [3.05, 3.63) is 65.4 Å². The predicted molar refractivity (Wildman–Crippen MR) is 113 cm³/mol. The van der Waals surface area contributed by atoms with E-state index in [0.717, 1.165) is 16.9 Å². The number of benzene rings is 2. The normalized spacial score (nSPS) is 10.3. The van der Waals surface area contributed by atoms with Crippen LogP contribution in [0.15, 0.2) is 48.5 Å². The number of rotatable bonds is 8. The Morgan fingerprint density at radius 3 is 2.52 bits per heavy atom. The fourth-order valence-electron chi connectivity index (χ4n) is 2.85. The molecule has 0 saturated heterocycles. The minimum Gasteiger partial charge on any atom is -0.493 e. The van der Waals surface area contributed by atoms with Gasteiger partial charge in [-0.05, 0) is 43.7 Å². The number of Topliss-reactive ketones (excluding diaryl/α,β-unsaturated/α-hetero) is 1. The molecule has 2 aromatic carbocycles. The number of hydrogen-bond acceptors (Lipinski definition) is 7. The lowest BCUT2D eigenvalue weighted by Gasteiger charge is -2.12. The van der Waals surface area contributed by atoms with Gasteiger partial charge in [-0.2, -0.15) is 4.98 Å². The van der Waals surface area contributed by atoms with E-state index in [-0.39, 0.29) is 5.78 Å². The van der Waals surface area contributed by atoms with Crippen molar-refractivity contribution in [1.82, 2.24) is 9.97 Å². The molecular weight excluding hydrogens is 368 g/mol. The molecular formula is C22H24N4O3. The Balaban J connectivity index is 1.74. The number of aryl methyl sites for hydroxylation is 1. The highest BCUT2D eigenvalue weighted by molar-refractivity contribution is 5.95. The third-order valence-electron chi connectivity index (χ3n) is 4.29. The van der Waals surface area contributed by atoms with E-state index in [1.54, 1.807) is 33.3 Å². The smallest absolute Gasteiger partial charge is 0.225 e. The number of ether oxygens (including phenoxy) is 2. The molecule has 7 heteroatoms. The maximum atomic E-state index is 11.6. The number of anilines is 3. The topological polar surface area (TPSA) is 85.4 Å². The standard InChI is InChI=1S/C22H24N4O3/c1-14-10-21(25-18-7-5-6-17(12-18)15(2)27)26-22(24-14)23-13-16-8-9-19(28-3)20(11-16)29-4/h5-12H,13H2,1-4H3,(H2,23,24,25,26). The second kappa shape index (κ2) is 9.05. The molecule has 2 N–H and O–H groups in total. The summed E-state index contributed by atoms with van der Waals surface area (Å²) in [4.78, 5) is 20.5. The monoisotopic (exact) mass is 392 g/mol. The van der Waals surface area contributed by atoms with Crippen LogP contribution in [0.25, 0.3) is 0 Å². The van der Waals surface area contributed by atoms with Gasteiger partial charge in [0, 0.05) is 29.6 Å². The number of carbonyl (C=O) groups excluding carboxylic acids is 1. The SMILES string of the molecule is COc1ccc(CNc2nc(C)cc(Nc3cccc(C(C)=O)c3)n2)cc1OC. The van der Waals surface area contributed by atoms with Crippen molar-refractivity contribution in [2.24, 2.45) is 0 Å². The van der Waals surface area contributed by atoms with Gasteiger partial charge in [0.1, 0.15) is 5.82 Å². The third kappa shape index (κ3) is 5.22. The van der Waals surface area contributed by atoms with Crippen molar-refractivity contribution in [1.29, 1.82) is 0 Å². The van der Waals surface area contributed by atoms with Crippen LogP contribution in [-0.4, -0.2) is 30.0 Å². The number of hydrogen-bond donors (Lipinski definition) is 2. The van der Waals surface area contributed by atoms with Crippen LogP contribution < -0.4 is 20.1 Å². The molecule has 0 aliphatic carbocycles. The van der Waals surface area contributed by atoms with Crippen LogP contribution in [0.4, 0.5) is 17.5 Å². The first kappa shape index (κ1) is 20.1. The summed E-state index contributed by atoms with van der Waals surface area (Å²) in [5.41, 5.74) is 3.27. The largest absolute Gasteiger partial charge is 0.493 e. The molecule has 0 saturated carbocycles. The lowest BCUT2D eigenvalue weighted by atomic mass is 10.1. The highest BCUT2D eigenvalue weighted by atomic mass is 16.5. The molecule has 0 atom stereocenters. The first-order valence-corrected chi connectivity index (χ1v) is 9.17. The predicted octanol–water partition coefficient (Wildman–Crippen LogP) is 4.36. The van der Waals surface area contributed by atoms with E-state index in [1.807, 2.05) is 43.3 Å². The summed E-state index contributed by atoms with van der Waals surface area (Å²) >= 11 is 0. The molecule has 0 amide bonds.